The molecular formula is C20H23Cl3N2O2. The number of carbonyl (C=O) groups is 1. The number of carbonyl (C=O) groups excluding carboxylic acids is 1. The molecule has 27 heavy (non-hydrogen) atoms. The summed E-state index contributed by atoms with van der Waals surface area (Å²) in [6, 6.07) is 12.4. The van der Waals surface area contributed by atoms with E-state index in [1.54, 1.807) is 30.3 Å². The molecule has 3 rings (SSSR count). The fourth-order valence-corrected chi connectivity index (χ4v) is 3.65. The number of piperidine rings is 1. The number of nitrogens with zero attached hydrogens (tertiary/aromatic N) is 1. The average molecular weight is 430 g/mol. The minimum Gasteiger partial charge on any atom is -0.455 e. The number of para-hydroxylation sites is 1. The van der Waals surface area contributed by atoms with Gasteiger partial charge in [-0.1, -0.05) is 41.4 Å². The Balaban J connectivity index is 0.00000261. The lowest BCUT2D eigenvalue weighted by Crippen LogP contribution is -2.40. The molecule has 7 heteroatoms. The van der Waals surface area contributed by atoms with Crippen LogP contribution < -0.4 is 10.1 Å². The number of halogens is 3. The summed E-state index contributed by atoms with van der Waals surface area (Å²) < 4.78 is 5.92. The minimum atomic E-state index is -0.0967. The van der Waals surface area contributed by atoms with Crippen LogP contribution in [0.15, 0.2) is 42.5 Å². The molecule has 0 aliphatic carbocycles. The van der Waals surface area contributed by atoms with Crippen molar-refractivity contribution < 1.29 is 9.53 Å². The molecule has 1 aliphatic heterocycles. The van der Waals surface area contributed by atoms with E-state index in [-0.39, 0.29) is 18.3 Å². The highest BCUT2D eigenvalue weighted by molar-refractivity contribution is 6.34. The molecule has 0 atom stereocenters. The molecule has 0 radical (unpaired) electrons. The van der Waals surface area contributed by atoms with Crippen LogP contribution in [0.4, 0.5) is 0 Å². The summed E-state index contributed by atoms with van der Waals surface area (Å²) in [5.74, 6) is 1.43. The highest BCUT2D eigenvalue weighted by Gasteiger charge is 2.27. The Hall–Kier alpha value is -1.46. The molecule has 0 spiro atoms. The number of hydrogen-bond acceptors (Lipinski definition) is 3. The largest absolute Gasteiger partial charge is 0.455 e. The highest BCUT2D eigenvalue weighted by atomic mass is 35.5. The second kappa shape index (κ2) is 10.2. The van der Waals surface area contributed by atoms with Crippen molar-refractivity contribution in [3.05, 3.63) is 58.1 Å². The van der Waals surface area contributed by atoms with Crippen LogP contribution in [0.2, 0.25) is 10.0 Å². The van der Waals surface area contributed by atoms with Crippen LogP contribution in [-0.2, 0) is 0 Å². The fourth-order valence-electron chi connectivity index (χ4n) is 3.23. The van der Waals surface area contributed by atoms with Gasteiger partial charge in [0.05, 0.1) is 10.0 Å². The molecule has 146 valence electrons. The van der Waals surface area contributed by atoms with Crippen LogP contribution in [-0.4, -0.2) is 37.5 Å². The Morgan fingerprint density at radius 3 is 2.37 bits per heavy atom. The second-order valence-electron chi connectivity index (χ2n) is 6.44. The third kappa shape index (κ3) is 5.29. The summed E-state index contributed by atoms with van der Waals surface area (Å²) in [5, 5.41) is 4.08. The lowest BCUT2D eigenvalue weighted by Gasteiger charge is -2.32. The lowest BCUT2D eigenvalue weighted by atomic mass is 9.96. The number of amides is 1. The van der Waals surface area contributed by atoms with Gasteiger partial charge in [-0.15, -0.1) is 12.4 Å². The zero-order valence-electron chi connectivity index (χ0n) is 15.1. The number of hydrogen-bond donors (Lipinski definition) is 1. The van der Waals surface area contributed by atoms with Crippen molar-refractivity contribution in [3.8, 4) is 11.5 Å². The van der Waals surface area contributed by atoms with Crippen molar-refractivity contribution in [2.45, 2.75) is 12.8 Å². The maximum Gasteiger partial charge on any atom is 0.259 e. The smallest absolute Gasteiger partial charge is 0.259 e. The van der Waals surface area contributed by atoms with E-state index in [0.29, 0.717) is 33.0 Å². The first kappa shape index (κ1) is 21.8. The Morgan fingerprint density at radius 2 is 1.70 bits per heavy atom. The van der Waals surface area contributed by atoms with Crippen molar-refractivity contribution in [2.24, 2.45) is 5.92 Å². The molecule has 4 nitrogen and oxygen atoms in total. The van der Waals surface area contributed by atoms with Crippen LogP contribution in [0.25, 0.3) is 0 Å². The standard InChI is InChI=1S/C20H22Cl2N2O2.ClH/c1-23-13-14-9-11-24(12-10-14)20(25)19-16(22)6-4-8-18(19)26-17-7-3-2-5-15(17)21;/h2-8,14,23H,9-13H2,1H3;1H. The zero-order valence-corrected chi connectivity index (χ0v) is 17.4. The highest BCUT2D eigenvalue weighted by Crippen LogP contribution is 2.35. The van der Waals surface area contributed by atoms with Crippen LogP contribution in [0.1, 0.15) is 23.2 Å². The molecule has 1 heterocycles. The van der Waals surface area contributed by atoms with Crippen LogP contribution in [0, 0.1) is 5.92 Å². The maximum atomic E-state index is 13.1. The summed E-state index contributed by atoms with van der Waals surface area (Å²) in [4.78, 5) is 14.9. The summed E-state index contributed by atoms with van der Waals surface area (Å²) in [6.07, 6.45) is 1.97. The molecule has 2 aromatic rings. The average Bonchev–Trinajstić information content (AvgIpc) is 2.64. The normalized spacial score (nSPS) is 14.6. The van der Waals surface area contributed by atoms with E-state index >= 15 is 0 Å². The molecule has 0 unspecified atom stereocenters. The molecule has 0 aromatic heterocycles. The molecule has 1 amide bonds. The van der Waals surface area contributed by atoms with Gasteiger partial charge in [0.25, 0.3) is 5.91 Å². The van der Waals surface area contributed by atoms with Crippen molar-refractivity contribution in [1.82, 2.24) is 10.2 Å². The van der Waals surface area contributed by atoms with Gasteiger partial charge in [0.15, 0.2) is 0 Å². The molecule has 1 saturated heterocycles. The van der Waals surface area contributed by atoms with Gasteiger partial charge in [0.2, 0.25) is 0 Å². The summed E-state index contributed by atoms with van der Waals surface area (Å²) >= 11 is 12.5. The Bertz CT molecular complexity index is 778. The maximum absolute atomic E-state index is 13.1. The molecule has 0 bridgehead atoms. The number of benzene rings is 2. The summed E-state index contributed by atoms with van der Waals surface area (Å²) in [5.41, 5.74) is 0.390. The third-order valence-corrected chi connectivity index (χ3v) is 5.27. The minimum absolute atomic E-state index is 0. The van der Waals surface area contributed by atoms with Gasteiger partial charge in [-0.2, -0.15) is 0 Å². The Kier molecular flexibility index (Phi) is 8.24. The summed E-state index contributed by atoms with van der Waals surface area (Å²) in [7, 11) is 1.96. The molecular weight excluding hydrogens is 407 g/mol. The Morgan fingerprint density at radius 1 is 1.07 bits per heavy atom. The second-order valence-corrected chi connectivity index (χ2v) is 7.25. The molecule has 0 saturated carbocycles. The van der Waals surface area contributed by atoms with Crippen LogP contribution >= 0.6 is 35.6 Å². The topological polar surface area (TPSA) is 41.6 Å². The van der Waals surface area contributed by atoms with Gasteiger partial charge in [-0.25, -0.2) is 0 Å². The quantitative estimate of drug-likeness (QED) is 0.703. The van der Waals surface area contributed by atoms with E-state index in [1.165, 1.54) is 0 Å². The van der Waals surface area contributed by atoms with E-state index in [9.17, 15) is 4.79 Å². The number of rotatable bonds is 5. The summed E-state index contributed by atoms with van der Waals surface area (Å²) in [6.45, 7) is 2.43. The first-order valence-corrected chi connectivity index (χ1v) is 9.50. The zero-order chi connectivity index (χ0) is 18.5. The van der Waals surface area contributed by atoms with Gasteiger partial charge >= 0.3 is 0 Å². The van der Waals surface area contributed by atoms with Crippen molar-refractivity contribution in [3.63, 3.8) is 0 Å². The lowest BCUT2D eigenvalue weighted by molar-refractivity contribution is 0.0688. The van der Waals surface area contributed by atoms with Crippen molar-refractivity contribution in [2.75, 3.05) is 26.7 Å². The van der Waals surface area contributed by atoms with Gasteiger partial charge < -0.3 is 15.0 Å². The van der Waals surface area contributed by atoms with Gasteiger partial charge in [0, 0.05) is 13.1 Å². The van der Waals surface area contributed by atoms with Gasteiger partial charge in [0.1, 0.15) is 17.1 Å². The first-order valence-electron chi connectivity index (χ1n) is 8.75. The monoisotopic (exact) mass is 428 g/mol. The van der Waals surface area contributed by atoms with Gasteiger partial charge in [-0.3, -0.25) is 4.79 Å². The molecule has 1 fully saturated rings. The SMILES string of the molecule is CNCC1CCN(C(=O)c2c(Cl)cccc2Oc2ccccc2Cl)CC1.Cl. The third-order valence-electron chi connectivity index (χ3n) is 4.64. The fraction of sp³-hybridized carbons (Fsp3) is 0.350. The van der Waals surface area contributed by atoms with Crippen LogP contribution in [0.5, 0.6) is 11.5 Å². The molecule has 1 aliphatic rings. The number of likely N-dealkylation sites (tertiary alicyclic amines) is 1. The first-order chi connectivity index (χ1) is 12.6. The Labute approximate surface area is 176 Å². The number of ether oxygens (including phenoxy) is 1. The van der Waals surface area contributed by atoms with Crippen molar-refractivity contribution in [1.29, 1.82) is 0 Å². The van der Waals surface area contributed by atoms with Crippen molar-refractivity contribution >= 4 is 41.5 Å². The van der Waals surface area contributed by atoms with E-state index in [4.69, 9.17) is 27.9 Å². The van der Waals surface area contributed by atoms with E-state index in [1.807, 2.05) is 24.1 Å². The van der Waals surface area contributed by atoms with Crippen LogP contribution in [0.3, 0.4) is 0 Å². The predicted molar refractivity (Wildman–Crippen MR) is 113 cm³/mol. The van der Waals surface area contributed by atoms with E-state index < -0.39 is 0 Å². The van der Waals surface area contributed by atoms with E-state index in [0.717, 1.165) is 32.5 Å². The predicted octanol–water partition coefficient (Wildman–Crippen LogP) is 5.28. The molecule has 1 N–H and O–H groups in total. The molecule has 2 aromatic carbocycles. The van der Waals surface area contributed by atoms with E-state index in [2.05, 4.69) is 5.32 Å². The number of nitrogens with one attached hydrogen (secondary N) is 1. The van der Waals surface area contributed by atoms with Gasteiger partial charge in [-0.05, 0) is 56.6 Å².